The SMILES string of the molecule is Cn1cc(CNc2cc([N+](=O)[O-])c(F)cc2F)nn1. The number of hydrogen-bond acceptors (Lipinski definition) is 5. The Labute approximate surface area is 106 Å². The standard InChI is InChI=1S/C10H9F2N5O2/c1-16-5-6(14-15-16)4-13-9-3-10(17(18)19)8(12)2-7(9)11/h2-3,5,13H,4H2,1H3. The van der Waals surface area contributed by atoms with Crippen LogP contribution in [-0.2, 0) is 13.6 Å². The summed E-state index contributed by atoms with van der Waals surface area (Å²) in [7, 11) is 1.67. The highest BCUT2D eigenvalue weighted by molar-refractivity contribution is 5.53. The molecule has 0 aliphatic heterocycles. The molecule has 0 atom stereocenters. The molecule has 19 heavy (non-hydrogen) atoms. The van der Waals surface area contributed by atoms with Crippen molar-refractivity contribution >= 4 is 11.4 Å². The molecule has 7 nitrogen and oxygen atoms in total. The Bertz CT molecular complexity index is 628. The van der Waals surface area contributed by atoms with E-state index < -0.39 is 22.2 Å². The number of nitrogens with one attached hydrogen (secondary N) is 1. The molecular formula is C10H9F2N5O2. The van der Waals surface area contributed by atoms with Crippen molar-refractivity contribution in [1.29, 1.82) is 0 Å². The number of hydrogen-bond donors (Lipinski definition) is 1. The molecule has 0 saturated carbocycles. The number of anilines is 1. The Balaban J connectivity index is 2.20. The second kappa shape index (κ2) is 4.96. The van der Waals surface area contributed by atoms with Crippen LogP contribution in [0.2, 0.25) is 0 Å². The Hall–Kier alpha value is -2.58. The summed E-state index contributed by atoms with van der Waals surface area (Å²) >= 11 is 0. The number of nitro benzene ring substituents is 1. The number of halogens is 2. The van der Waals surface area contributed by atoms with Crippen LogP contribution in [0.3, 0.4) is 0 Å². The van der Waals surface area contributed by atoms with Gasteiger partial charge in [0.15, 0.2) is 0 Å². The van der Waals surface area contributed by atoms with E-state index in [1.165, 1.54) is 4.68 Å². The molecule has 0 fully saturated rings. The number of aromatic nitrogens is 3. The maximum Gasteiger partial charge on any atom is 0.307 e. The van der Waals surface area contributed by atoms with Crippen LogP contribution in [0.1, 0.15) is 5.69 Å². The van der Waals surface area contributed by atoms with Crippen molar-refractivity contribution in [3.8, 4) is 0 Å². The van der Waals surface area contributed by atoms with Crippen LogP contribution in [0.4, 0.5) is 20.2 Å². The second-order valence-electron chi connectivity index (χ2n) is 3.78. The third-order valence-corrected chi connectivity index (χ3v) is 2.34. The molecule has 1 heterocycles. The zero-order valence-corrected chi connectivity index (χ0v) is 9.80. The van der Waals surface area contributed by atoms with Crippen LogP contribution >= 0.6 is 0 Å². The summed E-state index contributed by atoms with van der Waals surface area (Å²) in [6, 6.07) is 1.28. The van der Waals surface area contributed by atoms with Gasteiger partial charge in [-0.25, -0.2) is 4.39 Å². The summed E-state index contributed by atoms with van der Waals surface area (Å²) in [4.78, 5) is 9.64. The summed E-state index contributed by atoms with van der Waals surface area (Å²) in [5.74, 6) is -2.13. The fraction of sp³-hybridized carbons (Fsp3) is 0.200. The monoisotopic (exact) mass is 269 g/mol. The highest BCUT2D eigenvalue weighted by Gasteiger charge is 2.18. The van der Waals surface area contributed by atoms with E-state index >= 15 is 0 Å². The molecule has 0 aliphatic rings. The molecule has 100 valence electrons. The Morgan fingerprint density at radius 1 is 1.42 bits per heavy atom. The lowest BCUT2D eigenvalue weighted by molar-refractivity contribution is -0.387. The topological polar surface area (TPSA) is 85.9 Å². The molecule has 2 aromatic rings. The molecule has 2 rings (SSSR count). The van der Waals surface area contributed by atoms with Crippen LogP contribution in [0.15, 0.2) is 18.3 Å². The zero-order chi connectivity index (χ0) is 14.0. The Morgan fingerprint density at radius 2 is 2.16 bits per heavy atom. The van der Waals surface area contributed by atoms with Gasteiger partial charge in [0.05, 0.1) is 17.2 Å². The molecule has 0 aliphatic carbocycles. The maximum atomic E-state index is 13.4. The molecule has 0 spiro atoms. The first-order chi connectivity index (χ1) is 8.97. The summed E-state index contributed by atoms with van der Waals surface area (Å²) < 4.78 is 28.0. The van der Waals surface area contributed by atoms with E-state index in [0.717, 1.165) is 6.07 Å². The van der Waals surface area contributed by atoms with Crippen LogP contribution in [0, 0.1) is 21.7 Å². The van der Waals surface area contributed by atoms with Gasteiger partial charge in [0, 0.05) is 25.4 Å². The van der Waals surface area contributed by atoms with Crippen molar-refractivity contribution in [3.63, 3.8) is 0 Å². The van der Waals surface area contributed by atoms with Gasteiger partial charge in [-0.1, -0.05) is 5.21 Å². The largest absolute Gasteiger partial charge is 0.377 e. The maximum absolute atomic E-state index is 13.4. The molecule has 0 unspecified atom stereocenters. The van der Waals surface area contributed by atoms with Crippen LogP contribution in [0.25, 0.3) is 0 Å². The number of nitro groups is 1. The fourth-order valence-corrected chi connectivity index (χ4v) is 1.48. The number of rotatable bonds is 4. The average molecular weight is 269 g/mol. The first-order valence-electron chi connectivity index (χ1n) is 5.20. The van der Waals surface area contributed by atoms with E-state index in [9.17, 15) is 18.9 Å². The van der Waals surface area contributed by atoms with Gasteiger partial charge >= 0.3 is 5.69 Å². The van der Waals surface area contributed by atoms with E-state index in [0.29, 0.717) is 11.8 Å². The van der Waals surface area contributed by atoms with E-state index in [2.05, 4.69) is 15.6 Å². The molecule has 0 saturated heterocycles. The highest BCUT2D eigenvalue weighted by atomic mass is 19.1. The lowest BCUT2D eigenvalue weighted by Crippen LogP contribution is -2.04. The van der Waals surface area contributed by atoms with E-state index in [1.807, 2.05) is 0 Å². The molecule has 1 N–H and O–H groups in total. The van der Waals surface area contributed by atoms with Gasteiger partial charge in [-0.15, -0.1) is 5.10 Å². The first kappa shape index (κ1) is 12.9. The lowest BCUT2D eigenvalue weighted by Gasteiger charge is -2.05. The molecule has 9 heteroatoms. The molecule has 0 amide bonds. The average Bonchev–Trinajstić information content (AvgIpc) is 2.73. The van der Waals surface area contributed by atoms with Crippen molar-refractivity contribution in [2.24, 2.45) is 7.05 Å². The predicted molar refractivity (Wildman–Crippen MR) is 61.3 cm³/mol. The van der Waals surface area contributed by atoms with Crippen molar-refractivity contribution < 1.29 is 13.7 Å². The first-order valence-corrected chi connectivity index (χ1v) is 5.20. The molecule has 0 bridgehead atoms. The minimum absolute atomic E-state index is 0.119. The van der Waals surface area contributed by atoms with Crippen molar-refractivity contribution in [3.05, 3.63) is 45.8 Å². The van der Waals surface area contributed by atoms with Gasteiger partial charge in [0.2, 0.25) is 5.82 Å². The number of aryl methyl sites for hydroxylation is 1. The third-order valence-electron chi connectivity index (χ3n) is 2.34. The van der Waals surface area contributed by atoms with Gasteiger partial charge in [0.25, 0.3) is 0 Å². The highest BCUT2D eigenvalue weighted by Crippen LogP contribution is 2.25. The van der Waals surface area contributed by atoms with Gasteiger partial charge in [-0.2, -0.15) is 4.39 Å². The third kappa shape index (κ3) is 2.81. The molecular weight excluding hydrogens is 260 g/mol. The summed E-state index contributed by atoms with van der Waals surface area (Å²) in [6.07, 6.45) is 1.60. The van der Waals surface area contributed by atoms with Gasteiger partial charge < -0.3 is 5.32 Å². The number of benzene rings is 1. The van der Waals surface area contributed by atoms with Crippen molar-refractivity contribution in [1.82, 2.24) is 15.0 Å². The van der Waals surface area contributed by atoms with E-state index in [-0.39, 0.29) is 12.2 Å². The minimum Gasteiger partial charge on any atom is -0.377 e. The van der Waals surface area contributed by atoms with Crippen molar-refractivity contribution in [2.75, 3.05) is 5.32 Å². The molecule has 1 aromatic heterocycles. The van der Waals surface area contributed by atoms with Crippen LogP contribution in [0.5, 0.6) is 0 Å². The van der Waals surface area contributed by atoms with Crippen LogP contribution < -0.4 is 5.32 Å². The van der Waals surface area contributed by atoms with Crippen molar-refractivity contribution in [2.45, 2.75) is 6.54 Å². The molecule has 1 aromatic carbocycles. The number of nitrogens with zero attached hydrogens (tertiary/aromatic N) is 4. The second-order valence-corrected chi connectivity index (χ2v) is 3.78. The Morgan fingerprint density at radius 3 is 2.74 bits per heavy atom. The zero-order valence-electron chi connectivity index (χ0n) is 9.80. The Kier molecular flexibility index (Phi) is 3.36. The van der Waals surface area contributed by atoms with E-state index in [4.69, 9.17) is 0 Å². The minimum atomic E-state index is -1.22. The van der Waals surface area contributed by atoms with Crippen LogP contribution in [-0.4, -0.2) is 19.9 Å². The van der Waals surface area contributed by atoms with Gasteiger partial charge in [-0.3, -0.25) is 14.8 Å². The summed E-state index contributed by atoms with van der Waals surface area (Å²) in [6.45, 7) is 0.119. The lowest BCUT2D eigenvalue weighted by atomic mass is 10.2. The quantitative estimate of drug-likeness (QED) is 0.673. The normalized spacial score (nSPS) is 10.5. The van der Waals surface area contributed by atoms with Gasteiger partial charge in [-0.05, 0) is 0 Å². The summed E-state index contributed by atoms with van der Waals surface area (Å²) in [5.41, 5.74) is -0.435. The predicted octanol–water partition coefficient (Wildman–Crippen LogP) is 1.61. The van der Waals surface area contributed by atoms with E-state index in [1.54, 1.807) is 13.2 Å². The van der Waals surface area contributed by atoms with Gasteiger partial charge in [0.1, 0.15) is 11.5 Å². The smallest absolute Gasteiger partial charge is 0.307 e. The fourth-order valence-electron chi connectivity index (χ4n) is 1.48. The summed E-state index contributed by atoms with van der Waals surface area (Å²) in [5, 5.41) is 20.6. The molecule has 0 radical (unpaired) electrons.